The fourth-order valence-electron chi connectivity index (χ4n) is 1.65. The second-order valence-electron chi connectivity index (χ2n) is 4.33. The molecule has 0 heterocycles. The molecule has 0 aliphatic heterocycles. The van der Waals surface area contributed by atoms with Gasteiger partial charge < -0.3 is 9.84 Å². The summed E-state index contributed by atoms with van der Waals surface area (Å²) in [5.74, 6) is -0.593. The van der Waals surface area contributed by atoms with Crippen LogP contribution in [0.4, 0.5) is 0 Å². The summed E-state index contributed by atoms with van der Waals surface area (Å²) in [5.41, 5.74) is 0. The topological polar surface area (TPSA) is 46.5 Å². The molecular weight excluding hydrogens is 284 g/mol. The summed E-state index contributed by atoms with van der Waals surface area (Å²) in [6.07, 6.45) is 11.1. The predicted molar refractivity (Wildman–Crippen MR) is 73.1 cm³/mol. The Bertz CT molecular complexity index is 184. The van der Waals surface area contributed by atoms with Gasteiger partial charge in [-0.15, -0.1) is 0 Å². The summed E-state index contributed by atoms with van der Waals surface area (Å²) < 4.78 is 4.83. The summed E-state index contributed by atoms with van der Waals surface area (Å²) in [6, 6.07) is 0. The van der Waals surface area contributed by atoms with E-state index in [9.17, 15) is 4.79 Å². The molecule has 17 heavy (non-hydrogen) atoms. The van der Waals surface area contributed by atoms with Gasteiger partial charge in [0.15, 0.2) is 0 Å². The Hall–Kier alpha value is -0.0900. The van der Waals surface area contributed by atoms with Crippen molar-refractivity contribution in [2.24, 2.45) is 0 Å². The molecule has 0 saturated heterocycles. The van der Waals surface area contributed by atoms with E-state index in [1.54, 1.807) is 0 Å². The fraction of sp³-hybridized carbons (Fsp3) is 0.923. The van der Waals surface area contributed by atoms with Crippen LogP contribution in [0.15, 0.2) is 0 Å². The van der Waals surface area contributed by atoms with E-state index < -0.39 is 11.0 Å². The van der Waals surface area contributed by atoms with Crippen molar-refractivity contribution in [2.45, 2.75) is 69.7 Å². The molecule has 1 atom stereocenters. The second kappa shape index (κ2) is 12.4. The Labute approximate surface area is 113 Å². The molecule has 0 aromatic rings. The molecule has 0 rings (SSSR count). The van der Waals surface area contributed by atoms with Crippen molar-refractivity contribution >= 4 is 21.9 Å². The lowest BCUT2D eigenvalue weighted by Gasteiger charge is -2.05. The van der Waals surface area contributed by atoms with Crippen LogP contribution in [0.2, 0.25) is 0 Å². The van der Waals surface area contributed by atoms with Crippen LogP contribution in [0.5, 0.6) is 0 Å². The number of aliphatic hydroxyl groups is 1. The van der Waals surface area contributed by atoms with Crippen molar-refractivity contribution in [3.63, 3.8) is 0 Å². The zero-order valence-electron chi connectivity index (χ0n) is 10.8. The average Bonchev–Trinajstić information content (AvgIpc) is 2.31. The SMILES string of the molecule is CCCCCCCCCCCOC(=O)C(O)Br. The Balaban J connectivity index is 3.06. The van der Waals surface area contributed by atoms with Gasteiger partial charge in [0, 0.05) is 0 Å². The highest BCUT2D eigenvalue weighted by molar-refractivity contribution is 9.09. The molecule has 0 bridgehead atoms. The minimum atomic E-state index is -1.18. The first-order chi connectivity index (χ1) is 8.18. The van der Waals surface area contributed by atoms with Crippen molar-refractivity contribution in [1.29, 1.82) is 0 Å². The zero-order valence-corrected chi connectivity index (χ0v) is 12.4. The lowest BCUT2D eigenvalue weighted by atomic mass is 10.1. The lowest BCUT2D eigenvalue weighted by molar-refractivity contribution is -0.148. The van der Waals surface area contributed by atoms with Crippen LogP contribution in [-0.4, -0.2) is 22.7 Å². The number of rotatable bonds is 11. The highest BCUT2D eigenvalue weighted by Gasteiger charge is 2.10. The monoisotopic (exact) mass is 308 g/mol. The molecule has 0 aromatic heterocycles. The number of alkyl halides is 1. The molecule has 3 nitrogen and oxygen atoms in total. The number of hydrogen-bond donors (Lipinski definition) is 1. The Morgan fingerprint density at radius 3 is 2.00 bits per heavy atom. The van der Waals surface area contributed by atoms with Crippen molar-refractivity contribution in [1.82, 2.24) is 0 Å². The standard InChI is InChI=1S/C13H25BrO3/c1-2-3-4-5-6-7-8-9-10-11-17-13(16)12(14)15/h12,15H,2-11H2,1H3. The number of hydrogen-bond acceptors (Lipinski definition) is 3. The van der Waals surface area contributed by atoms with E-state index in [1.807, 2.05) is 0 Å². The molecule has 0 spiro atoms. The quantitative estimate of drug-likeness (QED) is 0.359. The fourth-order valence-corrected chi connectivity index (χ4v) is 1.79. The maximum Gasteiger partial charge on any atom is 0.346 e. The average molecular weight is 309 g/mol. The first-order valence-corrected chi connectivity index (χ1v) is 7.58. The predicted octanol–water partition coefficient (Wildman–Crippen LogP) is 3.77. The Morgan fingerprint density at radius 1 is 1.06 bits per heavy atom. The smallest absolute Gasteiger partial charge is 0.346 e. The third kappa shape index (κ3) is 12.2. The first kappa shape index (κ1) is 16.9. The summed E-state index contributed by atoms with van der Waals surface area (Å²) in [5, 5.41) is 7.63. The molecule has 0 aromatic carbocycles. The Kier molecular flexibility index (Phi) is 12.3. The summed E-state index contributed by atoms with van der Waals surface area (Å²) >= 11 is 2.74. The van der Waals surface area contributed by atoms with Gasteiger partial charge in [0.2, 0.25) is 5.01 Å². The van der Waals surface area contributed by atoms with Gasteiger partial charge in [0.25, 0.3) is 0 Å². The third-order valence-corrected chi connectivity index (χ3v) is 3.06. The number of carbonyl (C=O) groups is 1. The molecule has 0 aliphatic rings. The minimum Gasteiger partial charge on any atom is -0.463 e. The van der Waals surface area contributed by atoms with E-state index in [2.05, 4.69) is 22.9 Å². The summed E-state index contributed by atoms with van der Waals surface area (Å²) in [4.78, 5) is 10.9. The largest absolute Gasteiger partial charge is 0.463 e. The Morgan fingerprint density at radius 2 is 1.53 bits per heavy atom. The zero-order chi connectivity index (χ0) is 12.9. The van der Waals surface area contributed by atoms with E-state index in [-0.39, 0.29) is 0 Å². The second-order valence-corrected chi connectivity index (χ2v) is 5.20. The molecule has 102 valence electrons. The molecular formula is C13H25BrO3. The van der Waals surface area contributed by atoms with Gasteiger partial charge in [-0.25, -0.2) is 4.79 Å². The highest BCUT2D eigenvalue weighted by atomic mass is 79.9. The first-order valence-electron chi connectivity index (χ1n) is 6.67. The van der Waals surface area contributed by atoms with E-state index in [4.69, 9.17) is 9.84 Å². The van der Waals surface area contributed by atoms with Crippen molar-refractivity contribution in [3.8, 4) is 0 Å². The molecule has 0 aliphatic carbocycles. The van der Waals surface area contributed by atoms with Crippen molar-refractivity contribution in [3.05, 3.63) is 0 Å². The van der Waals surface area contributed by atoms with Crippen LogP contribution in [0.3, 0.4) is 0 Å². The number of halogens is 1. The minimum absolute atomic E-state index is 0.414. The number of unbranched alkanes of at least 4 members (excludes halogenated alkanes) is 8. The van der Waals surface area contributed by atoms with Gasteiger partial charge in [-0.05, 0) is 22.4 Å². The summed E-state index contributed by atoms with van der Waals surface area (Å²) in [6.45, 7) is 2.64. The number of aliphatic hydroxyl groups excluding tert-OH is 1. The van der Waals surface area contributed by atoms with Crippen LogP contribution < -0.4 is 0 Å². The van der Waals surface area contributed by atoms with Gasteiger partial charge >= 0.3 is 5.97 Å². The van der Waals surface area contributed by atoms with Crippen LogP contribution in [-0.2, 0) is 9.53 Å². The molecule has 0 saturated carbocycles. The molecule has 0 fully saturated rings. The van der Waals surface area contributed by atoms with Crippen LogP contribution in [0, 0.1) is 0 Å². The van der Waals surface area contributed by atoms with Gasteiger partial charge in [-0.3, -0.25) is 0 Å². The normalized spacial score (nSPS) is 12.4. The van der Waals surface area contributed by atoms with Crippen LogP contribution >= 0.6 is 15.9 Å². The maximum absolute atomic E-state index is 10.9. The molecule has 4 heteroatoms. The molecule has 1 N–H and O–H groups in total. The molecule has 1 unspecified atom stereocenters. The number of esters is 1. The van der Waals surface area contributed by atoms with Crippen molar-refractivity contribution in [2.75, 3.05) is 6.61 Å². The van der Waals surface area contributed by atoms with E-state index in [0.717, 1.165) is 12.8 Å². The molecule has 0 amide bonds. The number of ether oxygens (including phenoxy) is 1. The van der Waals surface area contributed by atoms with Gasteiger partial charge in [-0.1, -0.05) is 58.3 Å². The van der Waals surface area contributed by atoms with E-state index in [1.165, 1.54) is 44.9 Å². The van der Waals surface area contributed by atoms with E-state index in [0.29, 0.717) is 6.61 Å². The van der Waals surface area contributed by atoms with Gasteiger partial charge in [0.05, 0.1) is 6.61 Å². The van der Waals surface area contributed by atoms with Crippen molar-refractivity contribution < 1.29 is 14.6 Å². The highest BCUT2D eigenvalue weighted by Crippen LogP contribution is 2.09. The van der Waals surface area contributed by atoms with Crippen LogP contribution in [0.25, 0.3) is 0 Å². The lowest BCUT2D eigenvalue weighted by Crippen LogP contribution is -2.16. The third-order valence-electron chi connectivity index (χ3n) is 2.69. The molecule has 0 radical (unpaired) electrons. The number of carbonyl (C=O) groups excluding carboxylic acids is 1. The van der Waals surface area contributed by atoms with Gasteiger partial charge in [-0.2, -0.15) is 0 Å². The maximum atomic E-state index is 10.9. The summed E-state index contributed by atoms with van der Waals surface area (Å²) in [7, 11) is 0. The van der Waals surface area contributed by atoms with Crippen LogP contribution in [0.1, 0.15) is 64.7 Å². The van der Waals surface area contributed by atoms with Gasteiger partial charge in [0.1, 0.15) is 0 Å². The van der Waals surface area contributed by atoms with E-state index >= 15 is 0 Å².